The zero-order valence-electron chi connectivity index (χ0n) is 8.81. The summed E-state index contributed by atoms with van der Waals surface area (Å²) in [4.78, 5) is 25.0. The molecule has 0 aliphatic carbocycles. The zero-order chi connectivity index (χ0) is 11.3. The highest BCUT2D eigenvalue weighted by Gasteiger charge is 2.28. The summed E-state index contributed by atoms with van der Waals surface area (Å²) in [6.45, 7) is 2.14. The van der Waals surface area contributed by atoms with Gasteiger partial charge in [-0.3, -0.25) is 4.79 Å². The number of carboxylic acids is 1. The third kappa shape index (κ3) is 3.39. The maximum atomic E-state index is 11.6. The number of carboxylic acid groups (broad SMARTS) is 1. The molecule has 0 aromatic heterocycles. The highest BCUT2D eigenvalue weighted by molar-refractivity contribution is 5.81. The Kier molecular flexibility index (Phi) is 4.36. The van der Waals surface area contributed by atoms with E-state index >= 15 is 0 Å². The minimum atomic E-state index is -0.970. The molecule has 0 unspecified atom stereocenters. The fourth-order valence-corrected chi connectivity index (χ4v) is 1.55. The first-order chi connectivity index (χ1) is 7.15. The molecule has 1 rings (SSSR count). The van der Waals surface area contributed by atoms with Crippen molar-refractivity contribution in [3.05, 3.63) is 0 Å². The zero-order valence-corrected chi connectivity index (χ0v) is 8.81. The molecule has 0 bridgehead atoms. The second-order valence-electron chi connectivity index (χ2n) is 3.43. The average molecular weight is 216 g/mol. The molecule has 0 saturated carbocycles. The van der Waals surface area contributed by atoms with Crippen molar-refractivity contribution in [1.29, 1.82) is 0 Å². The Hall–Kier alpha value is -1.30. The standard InChI is InChI=1S/C9H16N2O4/c1-15-6-2-3-10-4-5-11(9(10)14)7-8(12)13/h2-7H2,1H3,(H,12,13). The van der Waals surface area contributed by atoms with Crippen molar-refractivity contribution in [3.63, 3.8) is 0 Å². The maximum absolute atomic E-state index is 11.6. The van der Waals surface area contributed by atoms with Crippen LogP contribution in [-0.4, -0.2) is 66.8 Å². The molecule has 1 aliphatic heterocycles. The third-order valence-corrected chi connectivity index (χ3v) is 2.28. The number of amides is 2. The lowest BCUT2D eigenvalue weighted by molar-refractivity contribution is -0.137. The van der Waals surface area contributed by atoms with Crippen molar-refractivity contribution < 1.29 is 19.4 Å². The summed E-state index contributed by atoms with van der Waals surface area (Å²) in [5, 5.41) is 8.56. The van der Waals surface area contributed by atoms with Gasteiger partial charge in [0, 0.05) is 33.4 Å². The quantitative estimate of drug-likeness (QED) is 0.626. The van der Waals surface area contributed by atoms with Crippen LogP contribution in [0.25, 0.3) is 0 Å². The monoisotopic (exact) mass is 216 g/mol. The minimum Gasteiger partial charge on any atom is -0.480 e. The Morgan fingerprint density at radius 1 is 1.47 bits per heavy atom. The van der Waals surface area contributed by atoms with Crippen LogP contribution in [0.3, 0.4) is 0 Å². The molecule has 1 saturated heterocycles. The van der Waals surface area contributed by atoms with E-state index in [9.17, 15) is 9.59 Å². The van der Waals surface area contributed by atoms with Gasteiger partial charge in [0.15, 0.2) is 0 Å². The molecule has 15 heavy (non-hydrogen) atoms. The molecule has 6 nitrogen and oxygen atoms in total. The number of hydrogen-bond donors (Lipinski definition) is 1. The van der Waals surface area contributed by atoms with Gasteiger partial charge in [-0.05, 0) is 6.42 Å². The molecule has 1 fully saturated rings. The van der Waals surface area contributed by atoms with E-state index in [1.165, 1.54) is 4.90 Å². The number of ether oxygens (including phenoxy) is 1. The Bertz CT molecular complexity index is 244. The van der Waals surface area contributed by atoms with Gasteiger partial charge in [0.2, 0.25) is 0 Å². The Morgan fingerprint density at radius 3 is 2.73 bits per heavy atom. The number of aliphatic carboxylic acids is 1. The van der Waals surface area contributed by atoms with Crippen LogP contribution in [0.15, 0.2) is 0 Å². The van der Waals surface area contributed by atoms with Crippen LogP contribution >= 0.6 is 0 Å². The summed E-state index contributed by atoms with van der Waals surface area (Å²) in [5.41, 5.74) is 0. The van der Waals surface area contributed by atoms with Gasteiger partial charge in [0.1, 0.15) is 6.54 Å². The molecule has 0 atom stereocenters. The molecular weight excluding hydrogens is 200 g/mol. The van der Waals surface area contributed by atoms with Gasteiger partial charge in [-0.15, -0.1) is 0 Å². The van der Waals surface area contributed by atoms with E-state index < -0.39 is 5.97 Å². The number of carbonyl (C=O) groups is 2. The van der Waals surface area contributed by atoms with Gasteiger partial charge in [-0.25, -0.2) is 4.79 Å². The van der Waals surface area contributed by atoms with Gasteiger partial charge in [0.25, 0.3) is 0 Å². The Labute approximate surface area is 88.4 Å². The van der Waals surface area contributed by atoms with E-state index in [2.05, 4.69) is 0 Å². The minimum absolute atomic E-state index is 0.187. The SMILES string of the molecule is COCCCN1CCN(CC(=O)O)C1=O. The molecule has 86 valence electrons. The van der Waals surface area contributed by atoms with E-state index in [0.29, 0.717) is 26.2 Å². The van der Waals surface area contributed by atoms with E-state index in [-0.39, 0.29) is 12.6 Å². The van der Waals surface area contributed by atoms with Crippen LogP contribution in [-0.2, 0) is 9.53 Å². The van der Waals surface area contributed by atoms with Gasteiger partial charge >= 0.3 is 12.0 Å². The predicted octanol–water partition coefficient (Wildman–Crippen LogP) is -0.155. The lowest BCUT2D eigenvalue weighted by Gasteiger charge is -2.16. The topological polar surface area (TPSA) is 70.1 Å². The first-order valence-electron chi connectivity index (χ1n) is 4.89. The maximum Gasteiger partial charge on any atom is 0.323 e. The second-order valence-corrected chi connectivity index (χ2v) is 3.43. The summed E-state index contributed by atoms with van der Waals surface area (Å²) < 4.78 is 4.88. The van der Waals surface area contributed by atoms with Crippen LogP contribution in [0.1, 0.15) is 6.42 Å². The summed E-state index contributed by atoms with van der Waals surface area (Å²) in [7, 11) is 1.61. The summed E-state index contributed by atoms with van der Waals surface area (Å²) >= 11 is 0. The van der Waals surface area contributed by atoms with Crippen LogP contribution < -0.4 is 0 Å². The summed E-state index contributed by atoms with van der Waals surface area (Å²) in [6, 6.07) is -0.187. The van der Waals surface area contributed by atoms with Crippen LogP contribution in [0, 0.1) is 0 Å². The molecule has 0 aromatic rings. The molecule has 0 aromatic carbocycles. The second kappa shape index (κ2) is 5.55. The van der Waals surface area contributed by atoms with Crippen molar-refractivity contribution in [2.24, 2.45) is 0 Å². The smallest absolute Gasteiger partial charge is 0.323 e. The molecule has 0 spiro atoms. The van der Waals surface area contributed by atoms with Gasteiger partial charge in [-0.2, -0.15) is 0 Å². The predicted molar refractivity (Wildman–Crippen MR) is 52.7 cm³/mol. The number of nitrogens with zero attached hydrogens (tertiary/aromatic N) is 2. The fourth-order valence-electron chi connectivity index (χ4n) is 1.55. The molecule has 1 heterocycles. The summed E-state index contributed by atoms with van der Waals surface area (Å²) in [6.07, 6.45) is 0.781. The molecular formula is C9H16N2O4. The highest BCUT2D eigenvalue weighted by atomic mass is 16.5. The number of methoxy groups -OCH3 is 1. The van der Waals surface area contributed by atoms with E-state index in [1.807, 2.05) is 0 Å². The van der Waals surface area contributed by atoms with E-state index in [0.717, 1.165) is 6.42 Å². The Morgan fingerprint density at radius 2 is 2.13 bits per heavy atom. The van der Waals surface area contributed by atoms with Crippen molar-refractivity contribution in [3.8, 4) is 0 Å². The normalized spacial score (nSPS) is 16.2. The van der Waals surface area contributed by atoms with Gasteiger partial charge < -0.3 is 19.6 Å². The van der Waals surface area contributed by atoms with E-state index in [1.54, 1.807) is 12.0 Å². The number of hydrogen-bond acceptors (Lipinski definition) is 3. The number of carbonyl (C=O) groups excluding carboxylic acids is 1. The molecule has 6 heteroatoms. The first kappa shape index (κ1) is 11.8. The molecule has 1 N–H and O–H groups in total. The van der Waals surface area contributed by atoms with Crippen molar-refractivity contribution in [1.82, 2.24) is 9.80 Å². The summed E-state index contributed by atoms with van der Waals surface area (Å²) in [5.74, 6) is -0.970. The lowest BCUT2D eigenvalue weighted by atomic mass is 10.4. The van der Waals surface area contributed by atoms with Crippen molar-refractivity contribution in [2.45, 2.75) is 6.42 Å². The number of rotatable bonds is 6. The first-order valence-corrected chi connectivity index (χ1v) is 4.89. The van der Waals surface area contributed by atoms with Crippen molar-refractivity contribution in [2.75, 3.05) is 39.9 Å². The Balaban J connectivity index is 2.32. The molecule has 1 aliphatic rings. The van der Waals surface area contributed by atoms with Gasteiger partial charge in [-0.1, -0.05) is 0 Å². The van der Waals surface area contributed by atoms with Crippen LogP contribution in [0.2, 0.25) is 0 Å². The average Bonchev–Trinajstić information content (AvgIpc) is 2.49. The highest BCUT2D eigenvalue weighted by Crippen LogP contribution is 2.08. The van der Waals surface area contributed by atoms with Gasteiger partial charge in [0.05, 0.1) is 0 Å². The molecule has 2 amide bonds. The lowest BCUT2D eigenvalue weighted by Crippen LogP contribution is -2.35. The number of urea groups is 1. The molecule has 0 radical (unpaired) electrons. The van der Waals surface area contributed by atoms with Crippen LogP contribution in [0.4, 0.5) is 4.79 Å². The largest absolute Gasteiger partial charge is 0.480 e. The van der Waals surface area contributed by atoms with Crippen LogP contribution in [0.5, 0.6) is 0 Å². The fraction of sp³-hybridized carbons (Fsp3) is 0.778. The van der Waals surface area contributed by atoms with E-state index in [4.69, 9.17) is 9.84 Å². The van der Waals surface area contributed by atoms with Crippen molar-refractivity contribution >= 4 is 12.0 Å². The third-order valence-electron chi connectivity index (χ3n) is 2.28.